The van der Waals surface area contributed by atoms with Crippen molar-refractivity contribution in [1.29, 1.82) is 0 Å². The highest BCUT2D eigenvalue weighted by Crippen LogP contribution is 2.29. The fourth-order valence-electron chi connectivity index (χ4n) is 2.48. The van der Waals surface area contributed by atoms with Crippen molar-refractivity contribution in [1.82, 2.24) is 9.97 Å². The third-order valence-electron chi connectivity index (χ3n) is 3.78. The molecule has 2 rings (SSSR count). The third-order valence-corrected chi connectivity index (χ3v) is 3.78. The Morgan fingerprint density at radius 3 is 2.94 bits per heavy atom. The van der Waals surface area contributed by atoms with Gasteiger partial charge in [-0.2, -0.15) is 0 Å². The van der Waals surface area contributed by atoms with Crippen molar-refractivity contribution < 1.29 is 5.11 Å². The molecule has 0 spiro atoms. The minimum Gasteiger partial charge on any atom is -0.391 e. The van der Waals surface area contributed by atoms with E-state index in [1.807, 2.05) is 6.92 Å². The van der Waals surface area contributed by atoms with Crippen molar-refractivity contribution in [2.75, 3.05) is 11.4 Å². The van der Waals surface area contributed by atoms with E-state index >= 15 is 0 Å². The first-order chi connectivity index (χ1) is 8.13. The summed E-state index contributed by atoms with van der Waals surface area (Å²) < 4.78 is 0. The summed E-state index contributed by atoms with van der Waals surface area (Å²) in [5, 5.41) is 9.39. The Hall–Kier alpha value is -1.16. The second-order valence-electron chi connectivity index (χ2n) is 4.98. The predicted molar refractivity (Wildman–Crippen MR) is 67.9 cm³/mol. The van der Waals surface area contributed by atoms with Gasteiger partial charge in [-0.05, 0) is 32.6 Å². The van der Waals surface area contributed by atoms with E-state index < -0.39 is 0 Å². The lowest BCUT2D eigenvalue weighted by Crippen LogP contribution is -2.43. The van der Waals surface area contributed by atoms with Crippen molar-refractivity contribution in [2.24, 2.45) is 5.92 Å². The Labute approximate surface area is 103 Å². The molecule has 0 radical (unpaired) electrons. The Bertz CT molecular complexity index is 394. The van der Waals surface area contributed by atoms with E-state index in [1.54, 1.807) is 6.20 Å². The first kappa shape index (κ1) is 12.3. The lowest BCUT2D eigenvalue weighted by Gasteiger charge is -2.39. The minimum absolute atomic E-state index is 0.00716. The maximum absolute atomic E-state index is 9.39. The number of aromatic nitrogens is 2. The van der Waals surface area contributed by atoms with Crippen molar-refractivity contribution in [3.05, 3.63) is 17.6 Å². The van der Waals surface area contributed by atoms with E-state index in [9.17, 15) is 5.11 Å². The predicted octanol–water partition coefficient (Wildman–Crippen LogP) is 1.90. The Kier molecular flexibility index (Phi) is 3.62. The van der Waals surface area contributed by atoms with Gasteiger partial charge in [-0.1, -0.05) is 6.92 Å². The first-order valence-electron chi connectivity index (χ1n) is 6.33. The van der Waals surface area contributed by atoms with E-state index in [2.05, 4.69) is 28.7 Å². The molecule has 4 heteroatoms. The van der Waals surface area contributed by atoms with Crippen LogP contribution in [0.1, 0.15) is 38.1 Å². The summed E-state index contributed by atoms with van der Waals surface area (Å²) >= 11 is 0. The first-order valence-corrected chi connectivity index (χ1v) is 6.33. The highest BCUT2D eigenvalue weighted by molar-refractivity contribution is 5.47. The van der Waals surface area contributed by atoms with Crippen LogP contribution in [0.25, 0.3) is 0 Å². The molecule has 1 fully saturated rings. The molecular formula is C13H21N3O. The number of aliphatic hydroxyl groups is 1. The Morgan fingerprint density at radius 1 is 1.47 bits per heavy atom. The minimum atomic E-state index is 0.00716. The molecule has 0 aromatic carbocycles. The van der Waals surface area contributed by atoms with Gasteiger partial charge < -0.3 is 10.0 Å². The van der Waals surface area contributed by atoms with E-state index in [0.29, 0.717) is 12.0 Å². The molecule has 4 nitrogen and oxygen atoms in total. The van der Waals surface area contributed by atoms with E-state index in [4.69, 9.17) is 0 Å². The van der Waals surface area contributed by atoms with Crippen LogP contribution in [0, 0.1) is 12.8 Å². The number of piperidine rings is 1. The van der Waals surface area contributed by atoms with Crippen molar-refractivity contribution in [3.63, 3.8) is 0 Å². The van der Waals surface area contributed by atoms with Gasteiger partial charge in [0.05, 0.1) is 6.61 Å². The van der Waals surface area contributed by atoms with Crippen molar-refractivity contribution in [2.45, 2.75) is 46.3 Å². The molecule has 2 heterocycles. The van der Waals surface area contributed by atoms with Gasteiger partial charge >= 0.3 is 0 Å². The largest absolute Gasteiger partial charge is 0.391 e. The van der Waals surface area contributed by atoms with Crippen LogP contribution < -0.4 is 4.90 Å². The van der Waals surface area contributed by atoms with Crippen LogP contribution in [0.2, 0.25) is 0 Å². The number of aliphatic hydroxyl groups excluding tert-OH is 1. The van der Waals surface area contributed by atoms with Crippen LogP contribution in [-0.2, 0) is 6.61 Å². The highest BCUT2D eigenvalue weighted by Gasteiger charge is 2.27. The van der Waals surface area contributed by atoms with Crippen LogP contribution >= 0.6 is 0 Å². The molecule has 1 aliphatic heterocycles. The molecule has 1 N–H and O–H groups in total. The zero-order chi connectivity index (χ0) is 12.4. The summed E-state index contributed by atoms with van der Waals surface area (Å²) in [5.41, 5.74) is 0.830. The summed E-state index contributed by atoms with van der Waals surface area (Å²) in [5.74, 6) is 2.35. The molecule has 1 saturated heterocycles. The van der Waals surface area contributed by atoms with Gasteiger partial charge in [-0.25, -0.2) is 9.97 Å². The average molecular weight is 235 g/mol. The number of nitrogens with zero attached hydrogens (tertiary/aromatic N) is 3. The van der Waals surface area contributed by atoms with E-state index in [1.165, 1.54) is 12.8 Å². The van der Waals surface area contributed by atoms with E-state index in [-0.39, 0.29) is 6.61 Å². The molecule has 0 bridgehead atoms. The monoisotopic (exact) mass is 235 g/mol. The normalized spacial score (nSPS) is 25.1. The molecular weight excluding hydrogens is 214 g/mol. The van der Waals surface area contributed by atoms with Crippen LogP contribution in [0.3, 0.4) is 0 Å². The lowest BCUT2D eigenvalue weighted by atomic mass is 9.92. The second kappa shape index (κ2) is 5.00. The van der Waals surface area contributed by atoms with Gasteiger partial charge in [0, 0.05) is 24.3 Å². The molecule has 2 unspecified atom stereocenters. The summed E-state index contributed by atoms with van der Waals surface area (Å²) in [6.45, 7) is 7.44. The Morgan fingerprint density at radius 2 is 2.24 bits per heavy atom. The maximum Gasteiger partial charge on any atom is 0.138 e. The molecule has 0 saturated carbocycles. The average Bonchev–Trinajstić information content (AvgIpc) is 2.33. The van der Waals surface area contributed by atoms with Crippen LogP contribution in [0.5, 0.6) is 0 Å². The molecule has 0 amide bonds. The van der Waals surface area contributed by atoms with Crippen LogP contribution in [0.15, 0.2) is 6.20 Å². The number of aryl methyl sites for hydroxylation is 1. The fourth-order valence-corrected chi connectivity index (χ4v) is 2.48. The number of anilines is 1. The molecule has 17 heavy (non-hydrogen) atoms. The topological polar surface area (TPSA) is 49.3 Å². The molecule has 1 aliphatic rings. The van der Waals surface area contributed by atoms with Gasteiger partial charge in [0.2, 0.25) is 0 Å². The van der Waals surface area contributed by atoms with Crippen molar-refractivity contribution in [3.8, 4) is 0 Å². The van der Waals surface area contributed by atoms with Crippen LogP contribution in [0.4, 0.5) is 5.82 Å². The van der Waals surface area contributed by atoms with Crippen LogP contribution in [-0.4, -0.2) is 27.7 Å². The van der Waals surface area contributed by atoms with Gasteiger partial charge in [-0.15, -0.1) is 0 Å². The SMILES string of the molecule is Cc1ncc(CO)c(N2CCCC(C)C2C)n1. The maximum atomic E-state index is 9.39. The zero-order valence-corrected chi connectivity index (χ0v) is 10.8. The van der Waals surface area contributed by atoms with Crippen molar-refractivity contribution >= 4 is 5.82 Å². The molecule has 1 aromatic heterocycles. The molecule has 1 aromatic rings. The summed E-state index contributed by atoms with van der Waals surface area (Å²) in [6.07, 6.45) is 4.21. The van der Waals surface area contributed by atoms with Gasteiger partial charge in [0.1, 0.15) is 11.6 Å². The highest BCUT2D eigenvalue weighted by atomic mass is 16.3. The number of hydrogen-bond donors (Lipinski definition) is 1. The quantitative estimate of drug-likeness (QED) is 0.850. The standard InChI is InChI=1S/C13H21N3O/c1-9-5-4-6-16(10(9)2)13-12(8-17)7-14-11(3)15-13/h7,9-10,17H,4-6,8H2,1-3H3. The van der Waals surface area contributed by atoms with E-state index in [0.717, 1.165) is 23.8 Å². The van der Waals surface area contributed by atoms with Gasteiger partial charge in [0.15, 0.2) is 0 Å². The smallest absolute Gasteiger partial charge is 0.138 e. The molecule has 94 valence electrons. The van der Waals surface area contributed by atoms with Gasteiger partial charge in [0.25, 0.3) is 0 Å². The molecule has 2 atom stereocenters. The van der Waals surface area contributed by atoms with Gasteiger partial charge in [-0.3, -0.25) is 0 Å². The summed E-state index contributed by atoms with van der Waals surface area (Å²) in [7, 11) is 0. The zero-order valence-electron chi connectivity index (χ0n) is 10.8. The lowest BCUT2D eigenvalue weighted by molar-refractivity contribution is 0.279. The number of hydrogen-bond acceptors (Lipinski definition) is 4. The molecule has 0 aliphatic carbocycles. The number of rotatable bonds is 2. The summed E-state index contributed by atoms with van der Waals surface area (Å²) in [4.78, 5) is 11.0. The second-order valence-corrected chi connectivity index (χ2v) is 4.98. The third kappa shape index (κ3) is 2.41. The Balaban J connectivity index is 2.34. The fraction of sp³-hybridized carbons (Fsp3) is 0.692. The summed E-state index contributed by atoms with van der Waals surface area (Å²) in [6, 6.07) is 0.475.